The predicted octanol–water partition coefficient (Wildman–Crippen LogP) is 4.11. The van der Waals surface area contributed by atoms with Crippen molar-refractivity contribution in [1.82, 2.24) is 9.55 Å². The molecule has 1 N–H and O–H groups in total. The lowest BCUT2D eigenvalue weighted by molar-refractivity contribution is -0.384. The van der Waals surface area contributed by atoms with E-state index in [1.54, 1.807) is 48.8 Å². The average molecular weight is 434 g/mol. The van der Waals surface area contributed by atoms with Gasteiger partial charge in [0, 0.05) is 37.1 Å². The Bertz CT molecular complexity index is 1310. The number of pyridine rings is 1. The van der Waals surface area contributed by atoms with Crippen LogP contribution in [0.5, 0.6) is 11.5 Å². The van der Waals surface area contributed by atoms with Crippen LogP contribution in [-0.2, 0) is 11.3 Å². The van der Waals surface area contributed by atoms with Gasteiger partial charge in [-0.3, -0.25) is 24.5 Å². The van der Waals surface area contributed by atoms with Crippen molar-refractivity contribution in [1.29, 1.82) is 0 Å². The first-order valence-electron chi connectivity index (χ1n) is 9.75. The van der Waals surface area contributed by atoms with Gasteiger partial charge in [0.2, 0.25) is 5.91 Å². The zero-order chi connectivity index (χ0) is 22.5. The summed E-state index contributed by atoms with van der Waals surface area (Å²) in [7, 11) is 0. The Hall–Kier alpha value is -4.47. The van der Waals surface area contributed by atoms with E-state index in [4.69, 9.17) is 9.15 Å². The number of amides is 1. The lowest BCUT2D eigenvalue weighted by atomic mass is 10.2. The zero-order valence-corrected chi connectivity index (χ0v) is 16.8. The summed E-state index contributed by atoms with van der Waals surface area (Å²) in [5, 5.41) is 13.7. The second-order valence-corrected chi connectivity index (χ2v) is 6.89. The molecule has 0 saturated heterocycles. The maximum atomic E-state index is 12.2. The maximum Gasteiger partial charge on any atom is 0.419 e. The highest BCUT2D eigenvalue weighted by Crippen LogP contribution is 2.23. The predicted molar refractivity (Wildman–Crippen MR) is 116 cm³/mol. The fourth-order valence-electron chi connectivity index (χ4n) is 3.15. The van der Waals surface area contributed by atoms with E-state index in [0.717, 1.165) is 0 Å². The van der Waals surface area contributed by atoms with Gasteiger partial charge in [0.05, 0.1) is 16.5 Å². The average Bonchev–Trinajstić information content (AvgIpc) is 3.10. The van der Waals surface area contributed by atoms with E-state index in [0.29, 0.717) is 29.1 Å². The number of carbonyl (C=O) groups excluding carboxylic acids is 1. The molecule has 2 aromatic carbocycles. The van der Waals surface area contributed by atoms with Crippen LogP contribution in [0.2, 0.25) is 0 Å². The summed E-state index contributed by atoms with van der Waals surface area (Å²) in [5.74, 6) is 0.462. The van der Waals surface area contributed by atoms with Crippen molar-refractivity contribution in [2.75, 3.05) is 5.32 Å². The Labute approximate surface area is 181 Å². The molecule has 0 radical (unpaired) electrons. The van der Waals surface area contributed by atoms with E-state index in [9.17, 15) is 19.7 Å². The number of nitrogens with zero attached hydrogens (tertiary/aromatic N) is 3. The van der Waals surface area contributed by atoms with Crippen molar-refractivity contribution < 1.29 is 18.9 Å². The smallest absolute Gasteiger partial charge is 0.419 e. The minimum atomic E-state index is -0.620. The molecule has 32 heavy (non-hydrogen) atoms. The van der Waals surface area contributed by atoms with Crippen molar-refractivity contribution in [3.05, 3.63) is 87.7 Å². The Morgan fingerprint density at radius 3 is 2.53 bits per heavy atom. The molecule has 0 saturated carbocycles. The third-order valence-corrected chi connectivity index (χ3v) is 4.67. The quantitative estimate of drug-likeness (QED) is 0.326. The van der Waals surface area contributed by atoms with Crippen molar-refractivity contribution in [3.8, 4) is 11.5 Å². The molecule has 4 rings (SSSR count). The van der Waals surface area contributed by atoms with Crippen molar-refractivity contribution in [2.24, 2.45) is 0 Å². The molecule has 10 nitrogen and oxygen atoms in total. The van der Waals surface area contributed by atoms with Gasteiger partial charge in [0.15, 0.2) is 5.58 Å². The Balaban J connectivity index is 1.31. The molecule has 0 fully saturated rings. The highest BCUT2D eigenvalue weighted by atomic mass is 16.6. The third-order valence-electron chi connectivity index (χ3n) is 4.67. The summed E-state index contributed by atoms with van der Waals surface area (Å²) >= 11 is 0. The Morgan fingerprint density at radius 2 is 1.81 bits per heavy atom. The third kappa shape index (κ3) is 4.81. The van der Waals surface area contributed by atoms with Crippen LogP contribution in [0.3, 0.4) is 0 Å². The molecule has 0 aliphatic carbocycles. The number of oxazole rings is 1. The zero-order valence-electron chi connectivity index (χ0n) is 16.8. The largest absolute Gasteiger partial charge is 0.457 e. The highest BCUT2D eigenvalue weighted by molar-refractivity contribution is 5.90. The van der Waals surface area contributed by atoms with E-state index < -0.39 is 10.7 Å². The fourth-order valence-corrected chi connectivity index (χ4v) is 3.15. The molecule has 0 bridgehead atoms. The number of hydrogen-bond donors (Lipinski definition) is 1. The summed E-state index contributed by atoms with van der Waals surface area (Å²) < 4.78 is 12.1. The van der Waals surface area contributed by atoms with Crippen LogP contribution in [0.1, 0.15) is 12.8 Å². The molecule has 0 atom stereocenters. The normalized spacial score (nSPS) is 10.8. The number of anilines is 1. The Kier molecular flexibility index (Phi) is 5.93. The lowest BCUT2D eigenvalue weighted by Gasteiger charge is -2.08. The SMILES string of the molecule is O=C(CCCn1c(=O)oc2cc([N+](=O)[O-])ccc21)Nc1ccc(Oc2ccncc2)cc1. The van der Waals surface area contributed by atoms with Crippen molar-refractivity contribution >= 4 is 28.4 Å². The number of hydrogen-bond acceptors (Lipinski definition) is 7. The van der Waals surface area contributed by atoms with Crippen molar-refractivity contribution in [3.63, 3.8) is 0 Å². The van der Waals surface area contributed by atoms with Gasteiger partial charge in [0.1, 0.15) is 11.5 Å². The molecule has 0 aliphatic heterocycles. The van der Waals surface area contributed by atoms with Gasteiger partial charge in [-0.15, -0.1) is 0 Å². The van der Waals surface area contributed by atoms with Gasteiger partial charge < -0.3 is 14.5 Å². The molecular weight excluding hydrogens is 416 g/mol. The van der Waals surface area contributed by atoms with Crippen LogP contribution >= 0.6 is 0 Å². The van der Waals surface area contributed by atoms with Crippen LogP contribution in [0.25, 0.3) is 11.1 Å². The van der Waals surface area contributed by atoms with Gasteiger partial charge in [-0.2, -0.15) is 0 Å². The topological polar surface area (TPSA) is 130 Å². The molecule has 1 amide bonds. The molecule has 4 aromatic rings. The first-order valence-corrected chi connectivity index (χ1v) is 9.75. The Morgan fingerprint density at radius 1 is 1.09 bits per heavy atom. The van der Waals surface area contributed by atoms with Gasteiger partial charge in [0.25, 0.3) is 5.69 Å². The van der Waals surface area contributed by atoms with Gasteiger partial charge in [-0.25, -0.2) is 4.79 Å². The standard InChI is InChI=1S/C22H18N4O6/c27-21(24-15-3-6-17(7-4-15)31-18-9-11-23-12-10-18)2-1-13-25-19-8-5-16(26(29)30)14-20(19)32-22(25)28/h3-12,14H,1-2,13H2,(H,24,27). The molecule has 2 heterocycles. The molecule has 0 unspecified atom stereocenters. The summed E-state index contributed by atoms with van der Waals surface area (Å²) in [6.07, 6.45) is 3.84. The number of ether oxygens (including phenoxy) is 1. The minimum Gasteiger partial charge on any atom is -0.457 e. The van der Waals surface area contributed by atoms with E-state index in [1.165, 1.54) is 22.8 Å². The molecule has 0 spiro atoms. The molecule has 10 heteroatoms. The number of aromatic nitrogens is 2. The van der Waals surface area contributed by atoms with E-state index in [2.05, 4.69) is 10.3 Å². The molecule has 0 aliphatic rings. The summed E-state index contributed by atoms with van der Waals surface area (Å²) in [5.41, 5.74) is 1.05. The van der Waals surface area contributed by atoms with Gasteiger partial charge >= 0.3 is 5.76 Å². The van der Waals surface area contributed by atoms with Crippen LogP contribution < -0.4 is 15.8 Å². The van der Waals surface area contributed by atoms with Crippen molar-refractivity contribution in [2.45, 2.75) is 19.4 Å². The van der Waals surface area contributed by atoms with Crippen LogP contribution in [-0.4, -0.2) is 20.4 Å². The second kappa shape index (κ2) is 9.13. The minimum absolute atomic E-state index is 0.141. The maximum absolute atomic E-state index is 12.2. The summed E-state index contributed by atoms with van der Waals surface area (Å²) in [6, 6.07) is 14.4. The van der Waals surface area contributed by atoms with E-state index in [-0.39, 0.29) is 30.1 Å². The number of nitro groups is 1. The van der Waals surface area contributed by atoms with Gasteiger partial charge in [-0.05, 0) is 48.9 Å². The first kappa shape index (κ1) is 20.8. The van der Waals surface area contributed by atoms with E-state index in [1.807, 2.05) is 0 Å². The first-order chi connectivity index (χ1) is 15.5. The number of carbonyl (C=O) groups is 1. The van der Waals surface area contributed by atoms with E-state index >= 15 is 0 Å². The number of benzene rings is 2. The lowest BCUT2D eigenvalue weighted by Crippen LogP contribution is -2.17. The summed E-state index contributed by atoms with van der Waals surface area (Å²) in [4.78, 5) is 38.5. The number of non-ortho nitro benzene ring substituents is 1. The monoisotopic (exact) mass is 434 g/mol. The number of fused-ring (bicyclic) bond motifs is 1. The highest BCUT2D eigenvalue weighted by Gasteiger charge is 2.14. The van der Waals surface area contributed by atoms with Gasteiger partial charge in [-0.1, -0.05) is 0 Å². The fraction of sp³-hybridized carbons (Fsp3) is 0.136. The van der Waals surface area contributed by atoms with Crippen LogP contribution in [0, 0.1) is 10.1 Å². The van der Waals surface area contributed by atoms with Crippen LogP contribution in [0.15, 0.2) is 76.2 Å². The molecule has 162 valence electrons. The number of nitro benzene ring substituents is 1. The molecular formula is C22H18N4O6. The van der Waals surface area contributed by atoms with Crippen LogP contribution in [0.4, 0.5) is 11.4 Å². The second-order valence-electron chi connectivity index (χ2n) is 6.89. The number of rotatable bonds is 8. The number of nitrogens with one attached hydrogen (secondary N) is 1. The number of aryl methyl sites for hydroxylation is 1. The summed E-state index contributed by atoms with van der Waals surface area (Å²) in [6.45, 7) is 0.246. The molecule has 2 aromatic heterocycles.